The summed E-state index contributed by atoms with van der Waals surface area (Å²) in [4.78, 5) is 14.5. The third kappa shape index (κ3) is 3.98. The molecule has 1 aliphatic heterocycles. The van der Waals surface area contributed by atoms with Crippen molar-refractivity contribution in [3.05, 3.63) is 78.1 Å². The molecule has 146 valence electrons. The normalized spacial score (nSPS) is 15.2. The van der Waals surface area contributed by atoms with Crippen LogP contribution in [-0.4, -0.2) is 32.2 Å². The summed E-state index contributed by atoms with van der Waals surface area (Å²) in [5.74, 6) is -0.0880. The highest BCUT2D eigenvalue weighted by atomic mass is 32.1. The Morgan fingerprint density at radius 3 is 2.45 bits per heavy atom. The van der Waals surface area contributed by atoms with Crippen LogP contribution in [0.2, 0.25) is 0 Å². The van der Waals surface area contributed by atoms with Gasteiger partial charge in [0.15, 0.2) is 5.11 Å². The molecule has 0 bridgehead atoms. The molecule has 1 aliphatic rings. The van der Waals surface area contributed by atoms with Gasteiger partial charge in [0, 0.05) is 23.9 Å². The van der Waals surface area contributed by atoms with E-state index in [0.29, 0.717) is 17.4 Å². The van der Waals surface area contributed by atoms with Gasteiger partial charge in [-0.25, -0.2) is 4.68 Å². The van der Waals surface area contributed by atoms with Crippen molar-refractivity contribution in [1.82, 2.24) is 20.0 Å². The molecule has 6 heteroatoms. The number of carbonyl (C=O) groups excluding carboxylic acids is 1. The van der Waals surface area contributed by atoms with Crippen LogP contribution in [0.1, 0.15) is 25.3 Å². The Bertz CT molecular complexity index is 1060. The molecule has 2 aromatic carbocycles. The first-order chi connectivity index (χ1) is 14.2. The lowest BCUT2D eigenvalue weighted by Crippen LogP contribution is -2.31. The van der Waals surface area contributed by atoms with Crippen LogP contribution in [0.25, 0.3) is 23.0 Å². The van der Waals surface area contributed by atoms with E-state index in [4.69, 9.17) is 17.3 Å². The number of unbranched alkanes of at least 4 members (excludes halogenated alkanes) is 1. The van der Waals surface area contributed by atoms with Crippen molar-refractivity contribution < 1.29 is 4.79 Å². The Hall–Kier alpha value is -3.25. The van der Waals surface area contributed by atoms with Gasteiger partial charge in [-0.05, 0) is 36.8 Å². The van der Waals surface area contributed by atoms with Crippen molar-refractivity contribution in [2.75, 3.05) is 6.54 Å². The quantitative estimate of drug-likeness (QED) is 0.491. The molecule has 0 saturated carbocycles. The van der Waals surface area contributed by atoms with Gasteiger partial charge in [-0.1, -0.05) is 61.9 Å². The van der Waals surface area contributed by atoms with Crippen molar-refractivity contribution in [3.8, 4) is 16.9 Å². The van der Waals surface area contributed by atoms with Gasteiger partial charge >= 0.3 is 0 Å². The van der Waals surface area contributed by atoms with Crippen molar-refractivity contribution in [3.63, 3.8) is 0 Å². The van der Waals surface area contributed by atoms with E-state index in [2.05, 4.69) is 12.2 Å². The number of carbonyl (C=O) groups is 1. The van der Waals surface area contributed by atoms with Crippen molar-refractivity contribution >= 4 is 29.3 Å². The second-order valence-electron chi connectivity index (χ2n) is 6.88. The zero-order chi connectivity index (χ0) is 20.2. The van der Waals surface area contributed by atoms with E-state index in [1.807, 2.05) is 77.6 Å². The first-order valence-electron chi connectivity index (χ1n) is 9.72. The number of nitrogens with one attached hydrogen (secondary N) is 1. The van der Waals surface area contributed by atoms with Crippen molar-refractivity contribution in [2.24, 2.45) is 0 Å². The maximum absolute atomic E-state index is 12.8. The van der Waals surface area contributed by atoms with Crippen LogP contribution in [0, 0.1) is 0 Å². The molecule has 0 aliphatic carbocycles. The maximum Gasteiger partial charge on any atom is 0.276 e. The largest absolute Gasteiger partial charge is 0.328 e. The summed E-state index contributed by atoms with van der Waals surface area (Å²) in [6.07, 6.45) is 5.71. The van der Waals surface area contributed by atoms with Gasteiger partial charge in [0.05, 0.1) is 5.69 Å². The number of hydrogen-bond donors (Lipinski definition) is 1. The Kier molecular flexibility index (Phi) is 5.53. The molecule has 3 aromatic rings. The molecule has 29 heavy (non-hydrogen) atoms. The van der Waals surface area contributed by atoms with Gasteiger partial charge in [0.2, 0.25) is 0 Å². The predicted molar refractivity (Wildman–Crippen MR) is 119 cm³/mol. The lowest BCUT2D eigenvalue weighted by atomic mass is 10.1. The van der Waals surface area contributed by atoms with E-state index in [1.165, 1.54) is 0 Å². The van der Waals surface area contributed by atoms with Crippen LogP contribution in [0.5, 0.6) is 0 Å². The van der Waals surface area contributed by atoms with Crippen LogP contribution in [0.15, 0.2) is 72.6 Å². The predicted octanol–water partition coefficient (Wildman–Crippen LogP) is 4.40. The minimum absolute atomic E-state index is 0.0880. The topological polar surface area (TPSA) is 50.2 Å². The first-order valence-corrected chi connectivity index (χ1v) is 10.1. The SMILES string of the molecule is CCCCN1C(=O)/C(=C/c2cn(-c3ccccc3)nc2-c2ccccc2)NC1=S. The molecular weight excluding hydrogens is 380 g/mol. The molecule has 0 spiro atoms. The summed E-state index contributed by atoms with van der Waals surface area (Å²) in [5.41, 5.74) is 4.10. The molecule has 2 heterocycles. The third-order valence-corrected chi connectivity index (χ3v) is 5.13. The molecule has 5 nitrogen and oxygen atoms in total. The average Bonchev–Trinajstić information content (AvgIpc) is 3.29. The first kappa shape index (κ1) is 19.1. The van der Waals surface area contributed by atoms with Gasteiger partial charge in [0.1, 0.15) is 11.4 Å². The fourth-order valence-electron chi connectivity index (χ4n) is 3.27. The van der Waals surface area contributed by atoms with Crippen molar-refractivity contribution in [1.29, 1.82) is 0 Å². The number of thiocarbonyl (C=S) groups is 1. The van der Waals surface area contributed by atoms with Gasteiger partial charge in [-0.2, -0.15) is 5.10 Å². The van der Waals surface area contributed by atoms with Crippen LogP contribution >= 0.6 is 12.2 Å². The summed E-state index contributed by atoms with van der Waals surface area (Å²) in [5, 5.41) is 8.33. The second-order valence-corrected chi connectivity index (χ2v) is 7.26. The Balaban J connectivity index is 1.75. The smallest absolute Gasteiger partial charge is 0.276 e. The molecular formula is C23H22N4OS. The molecule has 0 radical (unpaired) electrons. The fourth-order valence-corrected chi connectivity index (χ4v) is 3.56. The summed E-state index contributed by atoms with van der Waals surface area (Å²) in [7, 11) is 0. The summed E-state index contributed by atoms with van der Waals surface area (Å²) in [6, 6.07) is 19.9. The number of aromatic nitrogens is 2. The van der Waals surface area contributed by atoms with E-state index in [9.17, 15) is 4.79 Å². The highest BCUT2D eigenvalue weighted by Crippen LogP contribution is 2.26. The number of para-hydroxylation sites is 1. The summed E-state index contributed by atoms with van der Waals surface area (Å²) >= 11 is 5.36. The number of amides is 1. The fraction of sp³-hybridized carbons (Fsp3) is 0.174. The number of nitrogens with zero attached hydrogens (tertiary/aromatic N) is 3. The summed E-state index contributed by atoms with van der Waals surface area (Å²) in [6.45, 7) is 2.73. The molecule has 1 saturated heterocycles. The zero-order valence-corrected chi connectivity index (χ0v) is 17.0. The molecule has 1 fully saturated rings. The minimum atomic E-state index is -0.0880. The molecule has 4 rings (SSSR count). The lowest BCUT2D eigenvalue weighted by molar-refractivity contribution is -0.122. The highest BCUT2D eigenvalue weighted by molar-refractivity contribution is 7.80. The second kappa shape index (κ2) is 8.41. The monoisotopic (exact) mass is 402 g/mol. The van der Waals surface area contributed by atoms with Gasteiger partial charge in [-0.15, -0.1) is 0 Å². The zero-order valence-electron chi connectivity index (χ0n) is 16.2. The van der Waals surface area contributed by atoms with Gasteiger partial charge in [0.25, 0.3) is 5.91 Å². The van der Waals surface area contributed by atoms with E-state index >= 15 is 0 Å². The number of rotatable bonds is 6. The van der Waals surface area contributed by atoms with Gasteiger partial charge < -0.3 is 5.32 Å². The Morgan fingerprint density at radius 1 is 1.07 bits per heavy atom. The standard InChI is InChI=1S/C23H22N4OS/c1-2-3-14-26-22(28)20(24-23(26)29)15-18-16-27(19-12-8-5-9-13-19)25-21(18)17-10-6-4-7-11-17/h4-13,15-16H,2-3,14H2,1H3,(H,24,29)/b20-15-. The van der Waals surface area contributed by atoms with E-state index in [-0.39, 0.29) is 5.91 Å². The maximum atomic E-state index is 12.8. The van der Waals surface area contributed by atoms with Crippen LogP contribution in [0.3, 0.4) is 0 Å². The van der Waals surface area contributed by atoms with E-state index in [1.54, 1.807) is 4.90 Å². The minimum Gasteiger partial charge on any atom is -0.328 e. The average molecular weight is 403 g/mol. The molecule has 0 atom stereocenters. The van der Waals surface area contributed by atoms with Crippen LogP contribution in [-0.2, 0) is 4.79 Å². The van der Waals surface area contributed by atoms with E-state index < -0.39 is 0 Å². The molecule has 1 aromatic heterocycles. The van der Waals surface area contributed by atoms with Gasteiger partial charge in [-0.3, -0.25) is 9.69 Å². The lowest BCUT2D eigenvalue weighted by Gasteiger charge is -2.12. The summed E-state index contributed by atoms with van der Waals surface area (Å²) < 4.78 is 1.83. The van der Waals surface area contributed by atoms with Crippen LogP contribution in [0.4, 0.5) is 0 Å². The highest BCUT2D eigenvalue weighted by Gasteiger charge is 2.30. The number of hydrogen-bond acceptors (Lipinski definition) is 3. The molecule has 1 amide bonds. The third-order valence-electron chi connectivity index (χ3n) is 4.81. The van der Waals surface area contributed by atoms with Crippen molar-refractivity contribution in [2.45, 2.75) is 19.8 Å². The van der Waals surface area contributed by atoms with E-state index in [0.717, 1.165) is 35.3 Å². The number of benzene rings is 2. The molecule has 1 N–H and O–H groups in total. The Morgan fingerprint density at radius 2 is 1.76 bits per heavy atom. The molecule has 0 unspecified atom stereocenters. The Labute approximate surface area is 175 Å². The van der Waals surface area contributed by atoms with Crippen LogP contribution < -0.4 is 5.32 Å².